The molecule has 4 rings (SSSR count). The fourth-order valence-corrected chi connectivity index (χ4v) is 4.92. The van der Waals surface area contributed by atoms with Gasteiger partial charge in [-0.05, 0) is 53.5 Å². The van der Waals surface area contributed by atoms with E-state index in [0.717, 1.165) is 12.0 Å². The van der Waals surface area contributed by atoms with E-state index < -0.39 is 11.9 Å². The van der Waals surface area contributed by atoms with Crippen LogP contribution in [0.1, 0.15) is 25.8 Å². The average Bonchev–Trinajstić information content (AvgIpc) is 3.29. The Morgan fingerprint density at radius 2 is 2.10 bits per heavy atom. The topological polar surface area (TPSA) is 77.8 Å². The smallest absolute Gasteiger partial charge is 0.238 e. The Morgan fingerprint density at radius 1 is 1.33 bits per heavy atom. The third kappa shape index (κ3) is 3.92. The lowest BCUT2D eigenvalue weighted by Gasteiger charge is -2.32. The molecule has 0 unspecified atom stereocenters. The third-order valence-corrected chi connectivity index (χ3v) is 7.00. The van der Waals surface area contributed by atoms with Crippen LogP contribution in [-0.4, -0.2) is 29.0 Å². The van der Waals surface area contributed by atoms with Crippen LogP contribution in [0, 0.1) is 34.9 Å². The van der Waals surface area contributed by atoms with Gasteiger partial charge in [0.1, 0.15) is 17.0 Å². The van der Waals surface area contributed by atoms with Crippen LogP contribution in [0.3, 0.4) is 0 Å². The second-order valence-electron chi connectivity index (χ2n) is 8.44. The number of nitriles is 1. The van der Waals surface area contributed by atoms with Gasteiger partial charge in [0.2, 0.25) is 5.91 Å². The summed E-state index contributed by atoms with van der Waals surface area (Å²) in [5.41, 5.74) is 1.81. The number of piperidine rings is 1. The largest absolute Gasteiger partial charge is 0.339 e. The number of nitrogens with one attached hydrogen (secondary N) is 2. The zero-order valence-corrected chi connectivity index (χ0v) is 17.7. The Balaban J connectivity index is 1.42. The van der Waals surface area contributed by atoms with Crippen molar-refractivity contribution in [2.24, 2.45) is 17.8 Å². The maximum Gasteiger partial charge on any atom is 0.238 e. The molecule has 2 bridgehead atoms. The Bertz CT molecular complexity index is 988. The fraction of sp³-hybridized carbons (Fsp3) is 0.435. The molecule has 5 nitrogen and oxygen atoms in total. The standard InChI is InChI=1S/C23H24ClFN4O/c1-12-13(2)20-9-18(12)22(29-20)23(30)28-17(10-26)7-15-4-3-14(8-19(15)25)16-5-6-21(24)27-11-16/h3-6,8,11-13,17-18,20,22,29H,7,9H2,1-2H3,(H,28,30)/t12-,13+,17+,18+,20+,22+/m1/s1. The summed E-state index contributed by atoms with van der Waals surface area (Å²) in [6.07, 6.45) is 2.69. The number of pyridine rings is 1. The first kappa shape index (κ1) is 20.8. The summed E-state index contributed by atoms with van der Waals surface area (Å²) in [4.78, 5) is 16.8. The van der Waals surface area contributed by atoms with E-state index >= 15 is 0 Å². The lowest BCUT2D eigenvalue weighted by molar-refractivity contribution is -0.125. The number of hydrogen-bond donors (Lipinski definition) is 2. The van der Waals surface area contributed by atoms with Crippen LogP contribution >= 0.6 is 11.6 Å². The summed E-state index contributed by atoms with van der Waals surface area (Å²) in [6.45, 7) is 4.40. The van der Waals surface area contributed by atoms with E-state index in [1.807, 2.05) is 0 Å². The van der Waals surface area contributed by atoms with Crippen molar-refractivity contribution in [3.63, 3.8) is 0 Å². The van der Waals surface area contributed by atoms with E-state index in [2.05, 4.69) is 35.5 Å². The first-order chi connectivity index (χ1) is 14.4. The predicted molar refractivity (Wildman–Crippen MR) is 113 cm³/mol. The molecule has 1 amide bonds. The second-order valence-corrected chi connectivity index (χ2v) is 8.83. The van der Waals surface area contributed by atoms with Crippen molar-refractivity contribution in [2.75, 3.05) is 0 Å². The van der Waals surface area contributed by atoms with Crippen LogP contribution in [0.4, 0.5) is 4.39 Å². The van der Waals surface area contributed by atoms with Gasteiger partial charge >= 0.3 is 0 Å². The van der Waals surface area contributed by atoms with Gasteiger partial charge in [-0.15, -0.1) is 0 Å². The number of fused-ring (bicyclic) bond motifs is 2. The number of carbonyl (C=O) groups excluding carboxylic acids is 1. The van der Waals surface area contributed by atoms with Gasteiger partial charge in [0.15, 0.2) is 0 Å². The van der Waals surface area contributed by atoms with Crippen molar-refractivity contribution in [1.82, 2.24) is 15.6 Å². The number of halogens is 2. The zero-order chi connectivity index (χ0) is 21.4. The molecular weight excluding hydrogens is 403 g/mol. The highest BCUT2D eigenvalue weighted by Gasteiger charge is 2.51. The summed E-state index contributed by atoms with van der Waals surface area (Å²) in [5, 5.41) is 16.1. The average molecular weight is 427 g/mol. The van der Waals surface area contributed by atoms with Crippen molar-refractivity contribution in [1.29, 1.82) is 5.26 Å². The van der Waals surface area contributed by atoms with Crippen LogP contribution in [0.5, 0.6) is 0 Å². The third-order valence-electron chi connectivity index (χ3n) is 6.78. The van der Waals surface area contributed by atoms with Gasteiger partial charge < -0.3 is 10.6 Å². The molecule has 2 heterocycles. The van der Waals surface area contributed by atoms with E-state index in [9.17, 15) is 14.4 Å². The maximum absolute atomic E-state index is 14.7. The lowest BCUT2D eigenvalue weighted by atomic mass is 9.84. The lowest BCUT2D eigenvalue weighted by Crippen LogP contribution is -2.54. The molecule has 0 spiro atoms. The Kier molecular flexibility index (Phi) is 5.77. The predicted octanol–water partition coefficient (Wildman–Crippen LogP) is 3.72. The Morgan fingerprint density at radius 3 is 2.70 bits per heavy atom. The molecule has 1 saturated carbocycles. The summed E-state index contributed by atoms with van der Waals surface area (Å²) in [7, 11) is 0. The SMILES string of the molecule is C[C@@H]1[C@H](C)[C@@H]2C[C@@H]1[C@@H](C(=O)N[C@H](C#N)Cc1ccc(-c3ccc(Cl)nc3)cc1F)N2. The van der Waals surface area contributed by atoms with Crippen molar-refractivity contribution >= 4 is 17.5 Å². The number of benzene rings is 1. The van der Waals surface area contributed by atoms with Crippen molar-refractivity contribution in [3.8, 4) is 17.2 Å². The summed E-state index contributed by atoms with van der Waals surface area (Å²) in [6, 6.07) is 9.65. The molecule has 2 N–H and O–H groups in total. The summed E-state index contributed by atoms with van der Waals surface area (Å²) in [5.74, 6) is 0.719. The Hall–Kier alpha value is -2.49. The first-order valence-corrected chi connectivity index (χ1v) is 10.6. The minimum atomic E-state index is -0.788. The van der Waals surface area contributed by atoms with Gasteiger partial charge in [0, 0.05) is 24.2 Å². The van der Waals surface area contributed by atoms with E-state index in [4.69, 9.17) is 11.6 Å². The molecule has 7 heteroatoms. The molecule has 2 aliphatic rings. The number of rotatable bonds is 5. The van der Waals surface area contributed by atoms with Crippen molar-refractivity contribution in [2.45, 2.75) is 44.8 Å². The summed E-state index contributed by atoms with van der Waals surface area (Å²) < 4.78 is 14.7. The molecular formula is C23H24ClFN4O. The van der Waals surface area contributed by atoms with E-state index in [1.54, 1.807) is 30.5 Å². The minimum absolute atomic E-state index is 0.111. The number of carbonyl (C=O) groups is 1. The van der Waals surface area contributed by atoms with E-state index in [-0.39, 0.29) is 24.3 Å². The highest BCUT2D eigenvalue weighted by atomic mass is 35.5. The molecule has 1 aliphatic heterocycles. The Labute approximate surface area is 180 Å². The number of amides is 1. The van der Waals surface area contributed by atoms with Crippen LogP contribution in [0.2, 0.25) is 5.15 Å². The highest BCUT2D eigenvalue weighted by Crippen LogP contribution is 2.44. The van der Waals surface area contributed by atoms with Gasteiger partial charge in [-0.2, -0.15) is 5.26 Å². The first-order valence-electron chi connectivity index (χ1n) is 10.2. The molecule has 1 aromatic heterocycles. The molecule has 6 atom stereocenters. The van der Waals surface area contributed by atoms with E-state index in [1.165, 1.54) is 6.07 Å². The second kappa shape index (κ2) is 8.33. The fourth-order valence-electron chi connectivity index (χ4n) is 4.81. The number of hydrogen-bond acceptors (Lipinski definition) is 4. The molecule has 1 saturated heterocycles. The normalized spacial score (nSPS) is 28.2. The highest BCUT2D eigenvalue weighted by molar-refractivity contribution is 6.29. The quantitative estimate of drug-likeness (QED) is 0.714. The van der Waals surface area contributed by atoms with Gasteiger partial charge in [0.25, 0.3) is 0 Å². The molecule has 2 fully saturated rings. The van der Waals surface area contributed by atoms with Gasteiger partial charge in [0.05, 0.1) is 12.1 Å². The number of aromatic nitrogens is 1. The van der Waals surface area contributed by atoms with Crippen molar-refractivity contribution < 1.29 is 9.18 Å². The van der Waals surface area contributed by atoms with Crippen LogP contribution < -0.4 is 10.6 Å². The monoisotopic (exact) mass is 426 g/mol. The van der Waals surface area contributed by atoms with Gasteiger partial charge in [-0.3, -0.25) is 4.79 Å². The molecule has 1 aromatic carbocycles. The van der Waals surface area contributed by atoms with E-state index in [0.29, 0.717) is 34.2 Å². The number of nitrogens with zero attached hydrogens (tertiary/aromatic N) is 2. The molecule has 0 radical (unpaired) electrons. The molecule has 156 valence electrons. The van der Waals surface area contributed by atoms with Gasteiger partial charge in [-0.25, -0.2) is 9.37 Å². The van der Waals surface area contributed by atoms with Gasteiger partial charge in [-0.1, -0.05) is 37.6 Å². The zero-order valence-electron chi connectivity index (χ0n) is 16.9. The van der Waals surface area contributed by atoms with Crippen LogP contribution in [0.25, 0.3) is 11.1 Å². The molecule has 2 aromatic rings. The minimum Gasteiger partial charge on any atom is -0.339 e. The molecule has 30 heavy (non-hydrogen) atoms. The van der Waals surface area contributed by atoms with Crippen LogP contribution in [0.15, 0.2) is 36.5 Å². The summed E-state index contributed by atoms with van der Waals surface area (Å²) >= 11 is 5.80. The van der Waals surface area contributed by atoms with Crippen LogP contribution in [-0.2, 0) is 11.2 Å². The maximum atomic E-state index is 14.7. The van der Waals surface area contributed by atoms with Crippen molar-refractivity contribution in [3.05, 3.63) is 53.1 Å². The molecule has 1 aliphatic carbocycles.